The molecule has 0 saturated carbocycles. The van der Waals surface area contributed by atoms with Crippen molar-refractivity contribution in [3.8, 4) is 0 Å². The van der Waals surface area contributed by atoms with Gasteiger partial charge in [-0.05, 0) is 20.8 Å². The van der Waals surface area contributed by atoms with Gasteiger partial charge in [-0.3, -0.25) is 14.5 Å². The molecule has 0 saturated heterocycles. The first-order chi connectivity index (χ1) is 7.14. The minimum atomic E-state index is -0.868. The Labute approximate surface area is 97.0 Å². The highest BCUT2D eigenvalue weighted by atomic mass is 16.4. The lowest BCUT2D eigenvalue weighted by molar-refractivity contribution is -0.140. The first kappa shape index (κ1) is 14.9. The minimum Gasteiger partial charge on any atom is -0.480 e. The van der Waals surface area contributed by atoms with Crippen LogP contribution in [0.3, 0.4) is 0 Å². The quantitative estimate of drug-likeness (QED) is 0.753. The van der Waals surface area contributed by atoms with E-state index in [9.17, 15) is 9.59 Å². The molecule has 0 atom stereocenters. The Kier molecular flexibility index (Phi) is 5.44. The molecule has 0 heterocycles. The monoisotopic (exact) mass is 230 g/mol. The number of amides is 1. The lowest BCUT2D eigenvalue weighted by Crippen LogP contribution is -2.46. The van der Waals surface area contributed by atoms with Crippen molar-refractivity contribution in [2.75, 3.05) is 27.2 Å². The van der Waals surface area contributed by atoms with E-state index in [0.29, 0.717) is 13.0 Å². The van der Waals surface area contributed by atoms with Gasteiger partial charge in [0, 0.05) is 32.6 Å². The maximum absolute atomic E-state index is 11.4. The van der Waals surface area contributed by atoms with E-state index < -0.39 is 5.97 Å². The number of carboxylic acids is 1. The number of hydrogen-bond donors (Lipinski definition) is 1. The van der Waals surface area contributed by atoms with Gasteiger partial charge >= 0.3 is 5.97 Å². The van der Waals surface area contributed by atoms with Crippen molar-refractivity contribution < 1.29 is 14.7 Å². The number of carboxylic acid groups (broad SMARTS) is 1. The third-order valence-electron chi connectivity index (χ3n) is 2.37. The van der Waals surface area contributed by atoms with Gasteiger partial charge in [0.1, 0.15) is 0 Å². The van der Waals surface area contributed by atoms with Crippen molar-refractivity contribution in [2.24, 2.45) is 0 Å². The number of rotatable bonds is 5. The molecule has 0 fully saturated rings. The normalized spacial score (nSPS) is 11.6. The van der Waals surface area contributed by atoms with Gasteiger partial charge in [0.15, 0.2) is 0 Å². The summed E-state index contributed by atoms with van der Waals surface area (Å²) in [5, 5.41) is 8.78. The van der Waals surface area contributed by atoms with Gasteiger partial charge in [0.05, 0.1) is 6.54 Å². The van der Waals surface area contributed by atoms with Crippen LogP contribution in [0, 0.1) is 0 Å². The van der Waals surface area contributed by atoms with Crippen LogP contribution in [-0.4, -0.2) is 59.5 Å². The van der Waals surface area contributed by atoms with Crippen molar-refractivity contribution in [1.29, 1.82) is 0 Å². The molecule has 0 aromatic carbocycles. The third kappa shape index (κ3) is 5.70. The fourth-order valence-electron chi connectivity index (χ4n) is 1.27. The van der Waals surface area contributed by atoms with E-state index in [2.05, 4.69) is 0 Å². The molecule has 0 unspecified atom stereocenters. The predicted octanol–water partition coefficient (Wildman–Crippen LogP) is 0.650. The molecule has 94 valence electrons. The molecule has 0 aromatic heterocycles. The number of nitrogens with zero attached hydrogens (tertiary/aromatic N) is 2. The SMILES string of the molecule is CN(C)C(=O)CCN(CC(=O)O)C(C)(C)C. The van der Waals surface area contributed by atoms with E-state index in [0.717, 1.165) is 0 Å². The summed E-state index contributed by atoms with van der Waals surface area (Å²) in [6, 6.07) is 0. The second kappa shape index (κ2) is 5.84. The molecule has 1 amide bonds. The Morgan fingerprint density at radius 2 is 1.69 bits per heavy atom. The van der Waals surface area contributed by atoms with E-state index in [1.54, 1.807) is 19.0 Å². The van der Waals surface area contributed by atoms with Crippen LogP contribution in [0.15, 0.2) is 0 Å². The van der Waals surface area contributed by atoms with Gasteiger partial charge in [-0.2, -0.15) is 0 Å². The topological polar surface area (TPSA) is 60.9 Å². The van der Waals surface area contributed by atoms with Crippen molar-refractivity contribution in [1.82, 2.24) is 9.80 Å². The summed E-state index contributed by atoms with van der Waals surface area (Å²) in [4.78, 5) is 25.4. The molecule has 0 aromatic rings. The Balaban J connectivity index is 4.34. The summed E-state index contributed by atoms with van der Waals surface area (Å²) < 4.78 is 0. The highest BCUT2D eigenvalue weighted by molar-refractivity contribution is 5.75. The first-order valence-electron chi connectivity index (χ1n) is 5.31. The zero-order valence-electron chi connectivity index (χ0n) is 10.8. The van der Waals surface area contributed by atoms with Crippen LogP contribution in [0.1, 0.15) is 27.2 Å². The van der Waals surface area contributed by atoms with Gasteiger partial charge in [-0.15, -0.1) is 0 Å². The molecule has 5 nitrogen and oxygen atoms in total. The van der Waals surface area contributed by atoms with E-state index >= 15 is 0 Å². The number of carbonyl (C=O) groups is 2. The lowest BCUT2D eigenvalue weighted by Gasteiger charge is -2.34. The predicted molar refractivity (Wildman–Crippen MR) is 62.3 cm³/mol. The standard InChI is InChI=1S/C11H22N2O3/c1-11(2,3)13(8-10(15)16)7-6-9(14)12(4)5/h6-8H2,1-5H3,(H,15,16). The van der Waals surface area contributed by atoms with E-state index in [1.165, 1.54) is 4.90 Å². The summed E-state index contributed by atoms with van der Waals surface area (Å²) in [7, 11) is 3.39. The highest BCUT2D eigenvalue weighted by Gasteiger charge is 2.24. The average molecular weight is 230 g/mol. The summed E-state index contributed by atoms with van der Waals surface area (Å²) in [5.41, 5.74) is -0.245. The zero-order chi connectivity index (χ0) is 12.9. The van der Waals surface area contributed by atoms with Gasteiger partial charge in [0.2, 0.25) is 5.91 Å². The zero-order valence-corrected chi connectivity index (χ0v) is 10.8. The summed E-state index contributed by atoms with van der Waals surface area (Å²) in [6.45, 7) is 6.25. The second-order valence-electron chi connectivity index (χ2n) is 5.02. The molecule has 0 radical (unpaired) electrons. The summed E-state index contributed by atoms with van der Waals surface area (Å²) in [6.07, 6.45) is 0.345. The molecule has 0 aliphatic carbocycles. The number of hydrogen-bond acceptors (Lipinski definition) is 3. The minimum absolute atomic E-state index is 0.0136. The summed E-state index contributed by atoms with van der Waals surface area (Å²) in [5.74, 6) is -0.855. The fourth-order valence-corrected chi connectivity index (χ4v) is 1.27. The van der Waals surface area contributed by atoms with Gasteiger partial charge in [-0.25, -0.2) is 0 Å². The van der Waals surface area contributed by atoms with Gasteiger partial charge in [-0.1, -0.05) is 0 Å². The van der Waals surface area contributed by atoms with Crippen LogP contribution in [0.5, 0.6) is 0 Å². The molecule has 0 bridgehead atoms. The Bertz CT molecular complexity index is 256. The van der Waals surface area contributed by atoms with Crippen molar-refractivity contribution in [2.45, 2.75) is 32.7 Å². The molecule has 5 heteroatoms. The molecule has 0 aliphatic rings. The van der Waals surface area contributed by atoms with E-state index in [-0.39, 0.29) is 18.0 Å². The molecular formula is C11H22N2O3. The maximum atomic E-state index is 11.4. The second-order valence-corrected chi connectivity index (χ2v) is 5.02. The van der Waals surface area contributed by atoms with Crippen LogP contribution in [0.25, 0.3) is 0 Å². The van der Waals surface area contributed by atoms with Gasteiger partial charge in [0.25, 0.3) is 0 Å². The highest BCUT2D eigenvalue weighted by Crippen LogP contribution is 2.13. The van der Waals surface area contributed by atoms with E-state index in [4.69, 9.17) is 5.11 Å². The van der Waals surface area contributed by atoms with Crippen LogP contribution in [0.2, 0.25) is 0 Å². The largest absolute Gasteiger partial charge is 0.480 e. The van der Waals surface area contributed by atoms with E-state index in [1.807, 2.05) is 20.8 Å². The van der Waals surface area contributed by atoms with Crippen LogP contribution in [0.4, 0.5) is 0 Å². The number of aliphatic carboxylic acids is 1. The molecule has 16 heavy (non-hydrogen) atoms. The molecule has 0 aliphatic heterocycles. The lowest BCUT2D eigenvalue weighted by atomic mass is 10.1. The maximum Gasteiger partial charge on any atom is 0.317 e. The Morgan fingerprint density at radius 3 is 2.00 bits per heavy atom. The van der Waals surface area contributed by atoms with Gasteiger partial charge < -0.3 is 10.0 Å². The smallest absolute Gasteiger partial charge is 0.317 e. The molecule has 0 rings (SSSR count). The third-order valence-corrected chi connectivity index (χ3v) is 2.37. The summed E-state index contributed by atoms with van der Waals surface area (Å²) >= 11 is 0. The molecule has 1 N–H and O–H groups in total. The van der Waals surface area contributed by atoms with Crippen LogP contribution >= 0.6 is 0 Å². The number of carbonyl (C=O) groups excluding carboxylic acids is 1. The van der Waals surface area contributed by atoms with Crippen LogP contribution < -0.4 is 0 Å². The van der Waals surface area contributed by atoms with Crippen molar-refractivity contribution in [3.63, 3.8) is 0 Å². The average Bonchev–Trinajstić information content (AvgIpc) is 2.08. The van der Waals surface area contributed by atoms with Crippen LogP contribution in [-0.2, 0) is 9.59 Å². The molecular weight excluding hydrogens is 208 g/mol. The molecule has 0 spiro atoms. The fraction of sp³-hybridized carbons (Fsp3) is 0.818. The van der Waals surface area contributed by atoms with Crippen molar-refractivity contribution >= 4 is 11.9 Å². The first-order valence-corrected chi connectivity index (χ1v) is 5.31. The Hall–Kier alpha value is -1.10. The Morgan fingerprint density at radius 1 is 1.19 bits per heavy atom. The van der Waals surface area contributed by atoms with Crippen molar-refractivity contribution in [3.05, 3.63) is 0 Å².